The van der Waals surface area contributed by atoms with Gasteiger partial charge in [-0.15, -0.1) is 0 Å². The molecule has 0 amide bonds. The van der Waals surface area contributed by atoms with Crippen LogP contribution in [0.2, 0.25) is 0 Å². The quantitative estimate of drug-likeness (QED) is 0.266. The zero-order chi connectivity index (χ0) is 27.0. The molecule has 5 fully saturated rings. The summed E-state index contributed by atoms with van der Waals surface area (Å²) >= 11 is 0. The van der Waals surface area contributed by atoms with Crippen molar-refractivity contribution in [3.8, 4) is 0 Å². The van der Waals surface area contributed by atoms with E-state index in [1.165, 1.54) is 0 Å². The maximum Gasteiger partial charge on any atom is 0.331 e. The van der Waals surface area contributed by atoms with E-state index in [-0.39, 0.29) is 53.2 Å². The van der Waals surface area contributed by atoms with E-state index < -0.39 is 36.3 Å². The lowest BCUT2D eigenvalue weighted by molar-refractivity contribution is -0.311. The zero-order valence-electron chi connectivity index (χ0n) is 22.5. The maximum atomic E-state index is 12.4. The van der Waals surface area contributed by atoms with Crippen molar-refractivity contribution in [3.05, 3.63) is 11.6 Å². The lowest BCUT2D eigenvalue weighted by Crippen LogP contribution is -2.64. The average molecular weight is 537 g/mol. The van der Waals surface area contributed by atoms with Crippen LogP contribution in [0.5, 0.6) is 0 Å². The smallest absolute Gasteiger partial charge is 0.331 e. The van der Waals surface area contributed by atoms with Gasteiger partial charge in [0, 0.05) is 18.1 Å². The molecule has 1 unspecified atom stereocenters. The second kappa shape index (κ2) is 9.50. The molecule has 214 valence electrons. The van der Waals surface area contributed by atoms with Crippen LogP contribution in [0.15, 0.2) is 11.6 Å². The van der Waals surface area contributed by atoms with Crippen molar-refractivity contribution in [2.75, 3.05) is 13.2 Å². The SMILES string of the molecule is C[C@@H]1O[C@@H](O[C@H]2CC[C@@]3(CO)[C@H](CC[C@@H]4[C@@H]3CC[C@]3(C)[C@@H](C5=CC(=O)OC5)CCC43O)C2)[C@H](O)[C@H](O)[C@H]1O. The summed E-state index contributed by atoms with van der Waals surface area (Å²) in [5, 5.41) is 53.9. The zero-order valence-corrected chi connectivity index (χ0v) is 22.5. The van der Waals surface area contributed by atoms with E-state index in [1.807, 2.05) is 0 Å². The molecule has 6 aliphatic rings. The van der Waals surface area contributed by atoms with Gasteiger partial charge in [-0.1, -0.05) is 6.92 Å². The van der Waals surface area contributed by atoms with Crippen molar-refractivity contribution >= 4 is 5.97 Å². The number of fused-ring (bicyclic) bond motifs is 5. The normalized spacial score (nSPS) is 54.5. The Morgan fingerprint density at radius 3 is 2.50 bits per heavy atom. The number of hydrogen-bond acceptors (Lipinski definition) is 9. The van der Waals surface area contributed by atoms with Crippen LogP contribution >= 0.6 is 0 Å². The lowest BCUT2D eigenvalue weighted by Gasteiger charge is -2.64. The van der Waals surface area contributed by atoms with Gasteiger partial charge < -0.3 is 39.7 Å². The molecule has 0 aromatic heterocycles. The van der Waals surface area contributed by atoms with Crippen molar-refractivity contribution in [2.45, 2.75) is 114 Å². The molecule has 4 aliphatic carbocycles. The van der Waals surface area contributed by atoms with E-state index >= 15 is 0 Å². The van der Waals surface area contributed by atoms with E-state index in [1.54, 1.807) is 13.0 Å². The summed E-state index contributed by atoms with van der Waals surface area (Å²) in [6, 6.07) is 0. The number of carbonyl (C=O) groups excluding carboxylic acids is 1. The second-order valence-corrected chi connectivity index (χ2v) is 13.4. The van der Waals surface area contributed by atoms with Crippen LogP contribution in [-0.4, -0.2) is 87.1 Å². The largest absolute Gasteiger partial charge is 0.458 e. The maximum absolute atomic E-state index is 12.4. The van der Waals surface area contributed by atoms with Crippen molar-refractivity contribution in [1.29, 1.82) is 0 Å². The molecular weight excluding hydrogens is 492 g/mol. The monoisotopic (exact) mass is 536 g/mol. The van der Waals surface area contributed by atoms with Crippen molar-refractivity contribution in [2.24, 2.45) is 34.5 Å². The van der Waals surface area contributed by atoms with E-state index in [0.717, 1.165) is 50.5 Å². The highest BCUT2D eigenvalue weighted by atomic mass is 16.7. The van der Waals surface area contributed by atoms with Crippen LogP contribution in [0.1, 0.15) is 71.6 Å². The molecule has 2 heterocycles. The Morgan fingerprint density at radius 1 is 1.00 bits per heavy atom. The average Bonchev–Trinajstić information content (AvgIpc) is 3.45. The van der Waals surface area contributed by atoms with Gasteiger partial charge in [0.05, 0.1) is 17.8 Å². The van der Waals surface area contributed by atoms with Gasteiger partial charge >= 0.3 is 5.97 Å². The minimum atomic E-state index is -1.32. The summed E-state index contributed by atoms with van der Waals surface area (Å²) in [6.45, 7) is 4.27. The molecule has 13 atom stereocenters. The molecular formula is C29H44O9. The van der Waals surface area contributed by atoms with Crippen LogP contribution in [-0.2, 0) is 19.0 Å². The fraction of sp³-hybridized carbons (Fsp3) is 0.897. The van der Waals surface area contributed by atoms with Crippen molar-refractivity contribution in [3.63, 3.8) is 0 Å². The number of aliphatic hydroxyl groups is 5. The molecule has 9 nitrogen and oxygen atoms in total. The second-order valence-electron chi connectivity index (χ2n) is 13.4. The number of hydrogen-bond donors (Lipinski definition) is 5. The minimum absolute atomic E-state index is 0.0831. The molecule has 2 aliphatic heterocycles. The number of cyclic esters (lactones) is 1. The molecule has 0 spiro atoms. The van der Waals surface area contributed by atoms with Gasteiger partial charge in [-0.05, 0) is 99.4 Å². The van der Waals surface area contributed by atoms with Crippen LogP contribution in [0, 0.1) is 34.5 Å². The van der Waals surface area contributed by atoms with Gasteiger partial charge in [0.15, 0.2) is 6.29 Å². The Labute approximate surface area is 224 Å². The van der Waals surface area contributed by atoms with Gasteiger partial charge in [0.1, 0.15) is 24.9 Å². The van der Waals surface area contributed by atoms with Crippen LogP contribution in [0.4, 0.5) is 0 Å². The Bertz CT molecular complexity index is 970. The Hall–Kier alpha value is -1.07. The van der Waals surface area contributed by atoms with Gasteiger partial charge in [0.2, 0.25) is 0 Å². The van der Waals surface area contributed by atoms with Crippen molar-refractivity contribution in [1.82, 2.24) is 0 Å². The number of carbonyl (C=O) groups is 1. The van der Waals surface area contributed by atoms with Crippen LogP contribution in [0.3, 0.4) is 0 Å². The predicted molar refractivity (Wildman–Crippen MR) is 134 cm³/mol. The highest BCUT2D eigenvalue weighted by Crippen LogP contribution is 2.70. The summed E-state index contributed by atoms with van der Waals surface area (Å²) in [4.78, 5) is 11.8. The summed E-state index contributed by atoms with van der Waals surface area (Å²) in [7, 11) is 0. The first-order valence-electron chi connectivity index (χ1n) is 14.6. The van der Waals surface area contributed by atoms with E-state index in [2.05, 4.69) is 6.92 Å². The Kier molecular flexibility index (Phi) is 6.78. The summed E-state index contributed by atoms with van der Waals surface area (Å²) in [5.74, 6) is 0.414. The molecule has 1 saturated heterocycles. The molecule has 0 aromatic carbocycles. The molecule has 0 radical (unpaired) electrons. The Balaban J connectivity index is 1.19. The first kappa shape index (κ1) is 27.1. The standard InChI is InChI=1S/C29H44O9/c1-15-23(32)24(33)25(34)26(37-15)38-18-5-9-28(14-30)17(12-18)3-4-21-20(28)6-8-27(2)19(7-10-29(21,27)35)16-11-22(31)36-13-16/h11,15,17-21,23-26,30,32-35H,3-10,12-14H2,1-2H3/t15-,17+,18-,19+,20-,21+,23-,24+,25+,26-,27+,28+,29?/m0/s1. The molecule has 0 aromatic rings. The van der Waals surface area contributed by atoms with Crippen molar-refractivity contribution < 1.29 is 44.5 Å². The first-order valence-corrected chi connectivity index (χ1v) is 14.6. The minimum Gasteiger partial charge on any atom is -0.458 e. The highest BCUT2D eigenvalue weighted by molar-refractivity contribution is 5.85. The van der Waals surface area contributed by atoms with Gasteiger partial charge in [0.25, 0.3) is 0 Å². The molecule has 5 N–H and O–H groups in total. The summed E-state index contributed by atoms with van der Waals surface area (Å²) in [6.07, 6.45) is 3.35. The van der Waals surface area contributed by atoms with Crippen LogP contribution in [0.25, 0.3) is 0 Å². The van der Waals surface area contributed by atoms with E-state index in [0.29, 0.717) is 19.4 Å². The van der Waals surface area contributed by atoms with Gasteiger partial charge in [-0.25, -0.2) is 4.79 Å². The number of aliphatic hydroxyl groups excluding tert-OH is 4. The molecule has 38 heavy (non-hydrogen) atoms. The topological polar surface area (TPSA) is 146 Å². The third kappa shape index (κ3) is 3.80. The fourth-order valence-corrected chi connectivity index (χ4v) is 9.91. The first-order chi connectivity index (χ1) is 18.0. The predicted octanol–water partition coefficient (Wildman–Crippen LogP) is 1.43. The fourth-order valence-electron chi connectivity index (χ4n) is 9.91. The third-order valence-electron chi connectivity index (χ3n) is 12.1. The number of rotatable bonds is 4. The van der Waals surface area contributed by atoms with Crippen LogP contribution < -0.4 is 0 Å². The van der Waals surface area contributed by atoms with E-state index in [4.69, 9.17) is 14.2 Å². The lowest BCUT2D eigenvalue weighted by atomic mass is 9.43. The number of esters is 1. The van der Waals surface area contributed by atoms with Gasteiger partial charge in [-0.2, -0.15) is 0 Å². The number of ether oxygens (including phenoxy) is 3. The van der Waals surface area contributed by atoms with Gasteiger partial charge in [-0.3, -0.25) is 0 Å². The highest BCUT2D eigenvalue weighted by Gasteiger charge is 2.68. The summed E-state index contributed by atoms with van der Waals surface area (Å²) in [5.41, 5.74) is -0.401. The molecule has 9 heteroatoms. The molecule has 6 rings (SSSR count). The summed E-state index contributed by atoms with van der Waals surface area (Å²) < 4.78 is 17.1. The molecule has 4 saturated carbocycles. The third-order valence-corrected chi connectivity index (χ3v) is 12.1. The Morgan fingerprint density at radius 2 is 1.79 bits per heavy atom. The molecule has 0 bridgehead atoms. The van der Waals surface area contributed by atoms with E-state index in [9.17, 15) is 30.3 Å².